The van der Waals surface area contributed by atoms with Crippen molar-refractivity contribution < 1.29 is 9.53 Å². The number of rotatable bonds is 3. The molecule has 1 aliphatic heterocycles. The van der Waals surface area contributed by atoms with Crippen LogP contribution in [0.15, 0.2) is 36.7 Å². The molecule has 0 spiro atoms. The molecule has 1 fully saturated rings. The van der Waals surface area contributed by atoms with Crippen molar-refractivity contribution in [3.63, 3.8) is 0 Å². The molecule has 2 aromatic rings. The summed E-state index contributed by atoms with van der Waals surface area (Å²) in [7, 11) is 1.56. The molecule has 1 amide bonds. The first kappa shape index (κ1) is 16.8. The van der Waals surface area contributed by atoms with E-state index >= 15 is 0 Å². The Kier molecular flexibility index (Phi) is 4.85. The van der Waals surface area contributed by atoms with Gasteiger partial charge in [-0.1, -0.05) is 5.92 Å². The standard InChI is InChI=1S/C19H20N4O2/c1-4-15-12-16(6-7-17(15)25-3)18(24)23-11-10-22(13-14(23)2)19-20-8-5-9-21-19/h1,5-9,12,14H,10-11,13H2,2-3H3. The Morgan fingerprint density at radius 2 is 2.08 bits per heavy atom. The normalized spacial score (nSPS) is 17.1. The fourth-order valence-electron chi connectivity index (χ4n) is 3.02. The van der Waals surface area contributed by atoms with Gasteiger partial charge in [0.1, 0.15) is 5.75 Å². The second-order valence-corrected chi connectivity index (χ2v) is 5.90. The van der Waals surface area contributed by atoms with Crippen molar-refractivity contribution in [2.45, 2.75) is 13.0 Å². The van der Waals surface area contributed by atoms with Crippen LogP contribution in [0.25, 0.3) is 0 Å². The number of terminal acetylenes is 1. The molecule has 25 heavy (non-hydrogen) atoms. The van der Waals surface area contributed by atoms with Gasteiger partial charge in [-0.05, 0) is 31.2 Å². The third-order valence-corrected chi connectivity index (χ3v) is 4.33. The molecule has 1 saturated heterocycles. The van der Waals surface area contributed by atoms with Gasteiger partial charge in [0.05, 0.1) is 12.7 Å². The maximum absolute atomic E-state index is 12.9. The molecule has 6 nitrogen and oxygen atoms in total. The third kappa shape index (κ3) is 3.41. The second-order valence-electron chi connectivity index (χ2n) is 5.90. The van der Waals surface area contributed by atoms with E-state index in [1.54, 1.807) is 43.8 Å². The van der Waals surface area contributed by atoms with Crippen molar-refractivity contribution in [2.24, 2.45) is 0 Å². The summed E-state index contributed by atoms with van der Waals surface area (Å²) in [5, 5.41) is 0. The summed E-state index contributed by atoms with van der Waals surface area (Å²) in [5.74, 6) is 3.83. The molecule has 128 valence electrons. The molecular formula is C19H20N4O2. The molecule has 1 aromatic heterocycles. The average molecular weight is 336 g/mol. The molecule has 1 aromatic carbocycles. The summed E-state index contributed by atoms with van der Waals surface area (Å²) in [6.07, 6.45) is 8.96. The molecule has 1 atom stereocenters. The van der Waals surface area contributed by atoms with Crippen LogP contribution in [-0.2, 0) is 0 Å². The lowest BCUT2D eigenvalue weighted by atomic mass is 10.1. The smallest absolute Gasteiger partial charge is 0.254 e. The molecule has 2 heterocycles. The fraction of sp³-hybridized carbons (Fsp3) is 0.316. The lowest BCUT2D eigenvalue weighted by molar-refractivity contribution is 0.0673. The summed E-state index contributed by atoms with van der Waals surface area (Å²) in [6.45, 7) is 4.01. The van der Waals surface area contributed by atoms with Crippen molar-refractivity contribution >= 4 is 11.9 Å². The van der Waals surface area contributed by atoms with Crippen LogP contribution in [0.3, 0.4) is 0 Å². The summed E-state index contributed by atoms with van der Waals surface area (Å²) >= 11 is 0. The van der Waals surface area contributed by atoms with Crippen LogP contribution in [0.5, 0.6) is 5.75 Å². The van der Waals surface area contributed by atoms with Crippen molar-refractivity contribution in [2.75, 3.05) is 31.6 Å². The number of hydrogen-bond acceptors (Lipinski definition) is 5. The number of benzene rings is 1. The number of carbonyl (C=O) groups is 1. The zero-order valence-corrected chi connectivity index (χ0v) is 14.3. The molecule has 0 radical (unpaired) electrons. The summed E-state index contributed by atoms with van der Waals surface area (Å²) in [5.41, 5.74) is 1.15. The van der Waals surface area contributed by atoms with Crippen LogP contribution in [0.1, 0.15) is 22.8 Å². The molecule has 0 N–H and O–H groups in total. The van der Waals surface area contributed by atoms with Crippen LogP contribution in [0.4, 0.5) is 5.95 Å². The van der Waals surface area contributed by atoms with Gasteiger partial charge < -0.3 is 14.5 Å². The van der Waals surface area contributed by atoms with Gasteiger partial charge in [-0.15, -0.1) is 6.42 Å². The predicted molar refractivity (Wildman–Crippen MR) is 95.7 cm³/mol. The number of nitrogens with zero attached hydrogens (tertiary/aromatic N) is 4. The van der Waals surface area contributed by atoms with E-state index in [0.717, 1.165) is 0 Å². The van der Waals surface area contributed by atoms with Gasteiger partial charge in [0.25, 0.3) is 5.91 Å². The topological polar surface area (TPSA) is 58.6 Å². The van der Waals surface area contributed by atoms with Gasteiger partial charge in [-0.25, -0.2) is 9.97 Å². The van der Waals surface area contributed by atoms with Gasteiger partial charge in [-0.2, -0.15) is 0 Å². The van der Waals surface area contributed by atoms with Crippen LogP contribution >= 0.6 is 0 Å². The van der Waals surface area contributed by atoms with E-state index in [4.69, 9.17) is 11.2 Å². The van der Waals surface area contributed by atoms with Gasteiger partial charge >= 0.3 is 0 Å². The number of methoxy groups -OCH3 is 1. The third-order valence-electron chi connectivity index (χ3n) is 4.33. The van der Waals surface area contributed by atoms with E-state index in [1.807, 2.05) is 11.8 Å². The summed E-state index contributed by atoms with van der Waals surface area (Å²) in [6, 6.07) is 7.03. The first-order chi connectivity index (χ1) is 12.1. The predicted octanol–water partition coefficient (Wildman–Crippen LogP) is 1.82. The van der Waals surface area contributed by atoms with E-state index < -0.39 is 0 Å². The lowest BCUT2D eigenvalue weighted by Gasteiger charge is -2.39. The molecule has 0 bridgehead atoms. The second kappa shape index (κ2) is 7.22. The Hall–Kier alpha value is -3.07. The molecule has 0 aliphatic carbocycles. The molecule has 0 saturated carbocycles. The zero-order chi connectivity index (χ0) is 17.8. The minimum atomic E-state index is -0.0275. The maximum Gasteiger partial charge on any atom is 0.254 e. The van der Waals surface area contributed by atoms with Crippen LogP contribution < -0.4 is 9.64 Å². The highest BCUT2D eigenvalue weighted by Crippen LogP contribution is 2.22. The van der Waals surface area contributed by atoms with Crippen molar-refractivity contribution in [1.29, 1.82) is 0 Å². The Morgan fingerprint density at radius 3 is 2.72 bits per heavy atom. The Bertz CT molecular complexity index is 801. The number of anilines is 1. The van der Waals surface area contributed by atoms with Crippen LogP contribution in [0.2, 0.25) is 0 Å². The van der Waals surface area contributed by atoms with Gasteiger partial charge in [-0.3, -0.25) is 4.79 Å². The molecule has 1 unspecified atom stereocenters. The molecule has 3 rings (SSSR count). The van der Waals surface area contributed by atoms with Gasteiger partial charge in [0.15, 0.2) is 0 Å². The van der Waals surface area contributed by atoms with E-state index in [9.17, 15) is 4.79 Å². The number of hydrogen-bond donors (Lipinski definition) is 0. The monoisotopic (exact) mass is 336 g/mol. The molecular weight excluding hydrogens is 316 g/mol. The first-order valence-corrected chi connectivity index (χ1v) is 8.11. The highest BCUT2D eigenvalue weighted by atomic mass is 16.5. The van der Waals surface area contributed by atoms with Crippen LogP contribution in [0, 0.1) is 12.3 Å². The number of piperazine rings is 1. The largest absolute Gasteiger partial charge is 0.495 e. The first-order valence-electron chi connectivity index (χ1n) is 8.11. The van der Waals surface area contributed by atoms with Gasteiger partial charge in [0, 0.05) is 43.6 Å². The van der Waals surface area contributed by atoms with Crippen molar-refractivity contribution in [1.82, 2.24) is 14.9 Å². The number of amides is 1. The van der Waals surface area contributed by atoms with Crippen LogP contribution in [-0.4, -0.2) is 53.6 Å². The minimum Gasteiger partial charge on any atom is -0.495 e. The highest BCUT2D eigenvalue weighted by Gasteiger charge is 2.29. The number of aromatic nitrogens is 2. The maximum atomic E-state index is 12.9. The lowest BCUT2D eigenvalue weighted by Crippen LogP contribution is -2.54. The van der Waals surface area contributed by atoms with E-state index in [-0.39, 0.29) is 11.9 Å². The Morgan fingerprint density at radius 1 is 1.32 bits per heavy atom. The quantitative estimate of drug-likeness (QED) is 0.800. The van der Waals surface area contributed by atoms with E-state index in [2.05, 4.69) is 20.8 Å². The summed E-state index contributed by atoms with van der Waals surface area (Å²) in [4.78, 5) is 25.4. The minimum absolute atomic E-state index is 0.0275. The Labute approximate surface area is 147 Å². The molecule has 6 heteroatoms. The fourth-order valence-corrected chi connectivity index (χ4v) is 3.02. The Balaban J connectivity index is 1.75. The van der Waals surface area contributed by atoms with E-state index in [1.165, 1.54) is 0 Å². The average Bonchev–Trinajstić information content (AvgIpc) is 2.67. The zero-order valence-electron chi connectivity index (χ0n) is 14.3. The number of carbonyl (C=O) groups excluding carboxylic acids is 1. The molecule has 1 aliphatic rings. The number of ether oxygens (including phenoxy) is 1. The highest BCUT2D eigenvalue weighted by molar-refractivity contribution is 5.95. The SMILES string of the molecule is C#Cc1cc(C(=O)N2CCN(c3ncccn3)CC2C)ccc1OC. The van der Waals surface area contributed by atoms with Crippen molar-refractivity contribution in [3.8, 4) is 18.1 Å². The van der Waals surface area contributed by atoms with E-state index in [0.29, 0.717) is 42.5 Å². The van der Waals surface area contributed by atoms with Crippen molar-refractivity contribution in [3.05, 3.63) is 47.8 Å². The summed E-state index contributed by atoms with van der Waals surface area (Å²) < 4.78 is 5.21. The van der Waals surface area contributed by atoms with Gasteiger partial charge in [0.2, 0.25) is 5.95 Å².